The summed E-state index contributed by atoms with van der Waals surface area (Å²) in [5, 5.41) is 5.72. The monoisotopic (exact) mass is 333 g/mol. The van der Waals surface area contributed by atoms with Crippen molar-refractivity contribution in [1.29, 1.82) is 0 Å². The normalized spacial score (nSPS) is 12.7. The van der Waals surface area contributed by atoms with E-state index in [4.69, 9.17) is 4.74 Å². The number of aromatic amines is 2. The van der Waals surface area contributed by atoms with Gasteiger partial charge in [0.05, 0.1) is 7.11 Å². The predicted molar refractivity (Wildman–Crippen MR) is 104 cm³/mol. The van der Waals surface area contributed by atoms with Crippen molar-refractivity contribution < 1.29 is 4.74 Å². The lowest BCUT2D eigenvalue weighted by molar-refractivity contribution is 0.419. The van der Waals surface area contributed by atoms with Gasteiger partial charge in [-0.25, -0.2) is 0 Å². The van der Waals surface area contributed by atoms with E-state index in [2.05, 4.69) is 51.8 Å². The maximum atomic E-state index is 5.63. The van der Waals surface area contributed by atoms with Crippen LogP contribution in [0.3, 0.4) is 0 Å². The number of aromatic nitrogens is 2. The minimum atomic E-state index is 0.303. The zero-order valence-electron chi connectivity index (χ0n) is 14.6. The molecule has 0 aliphatic carbocycles. The van der Waals surface area contributed by atoms with Gasteiger partial charge in [0.2, 0.25) is 0 Å². The Morgan fingerprint density at radius 1 is 1.08 bits per heavy atom. The Bertz CT molecular complexity index is 999. The van der Waals surface area contributed by atoms with Gasteiger partial charge in [-0.1, -0.05) is 12.1 Å². The molecular weight excluding hydrogens is 310 g/mol. The average Bonchev–Trinajstić information content (AvgIpc) is 3.28. The van der Waals surface area contributed by atoms with Crippen molar-refractivity contribution in [2.75, 3.05) is 20.7 Å². The molecule has 0 spiro atoms. The summed E-state index contributed by atoms with van der Waals surface area (Å²) in [6.07, 6.45) is 5.15. The minimum Gasteiger partial charge on any atom is -0.496 e. The second kappa shape index (κ2) is 6.65. The summed E-state index contributed by atoms with van der Waals surface area (Å²) < 4.78 is 5.63. The number of rotatable bonds is 6. The molecule has 4 heteroatoms. The standard InChI is InChI=1S/C21H23N3O/c1-22-10-9-16(14-6-7-18-15(12-14)8-11-23-18)17-13-24-19-4-3-5-20(25-2)21(17)19/h3-8,11-13,16,22-24H,9-10H2,1-2H3. The number of fused-ring (bicyclic) bond motifs is 2. The molecule has 25 heavy (non-hydrogen) atoms. The van der Waals surface area contributed by atoms with Gasteiger partial charge in [-0.15, -0.1) is 0 Å². The van der Waals surface area contributed by atoms with Gasteiger partial charge in [-0.05, 0) is 66.9 Å². The Morgan fingerprint density at radius 2 is 2.00 bits per heavy atom. The molecule has 4 nitrogen and oxygen atoms in total. The number of benzene rings is 2. The third-order valence-corrected chi connectivity index (χ3v) is 4.96. The van der Waals surface area contributed by atoms with E-state index in [0.29, 0.717) is 5.92 Å². The van der Waals surface area contributed by atoms with Crippen LogP contribution >= 0.6 is 0 Å². The largest absolute Gasteiger partial charge is 0.496 e. The van der Waals surface area contributed by atoms with E-state index in [1.807, 2.05) is 25.4 Å². The zero-order valence-corrected chi connectivity index (χ0v) is 14.6. The van der Waals surface area contributed by atoms with Crippen molar-refractivity contribution in [3.8, 4) is 5.75 Å². The van der Waals surface area contributed by atoms with Crippen LogP contribution in [0.5, 0.6) is 5.75 Å². The van der Waals surface area contributed by atoms with E-state index in [0.717, 1.165) is 24.2 Å². The molecule has 2 heterocycles. The second-order valence-electron chi connectivity index (χ2n) is 6.40. The van der Waals surface area contributed by atoms with Gasteiger partial charge in [-0.2, -0.15) is 0 Å². The van der Waals surface area contributed by atoms with Crippen molar-refractivity contribution in [2.24, 2.45) is 0 Å². The first kappa shape index (κ1) is 15.8. The molecule has 1 atom stereocenters. The van der Waals surface area contributed by atoms with E-state index < -0.39 is 0 Å². The van der Waals surface area contributed by atoms with Crippen LogP contribution in [0.15, 0.2) is 54.9 Å². The van der Waals surface area contributed by atoms with Gasteiger partial charge in [0.25, 0.3) is 0 Å². The Kier molecular flexibility index (Phi) is 4.20. The number of nitrogens with one attached hydrogen (secondary N) is 3. The SMILES string of the molecule is CNCCC(c1ccc2[nH]ccc2c1)c1c[nH]c2cccc(OC)c12. The summed E-state index contributed by atoms with van der Waals surface area (Å²) in [6, 6.07) is 15.0. The first-order valence-electron chi connectivity index (χ1n) is 8.67. The van der Waals surface area contributed by atoms with Gasteiger partial charge in [0.15, 0.2) is 0 Å². The van der Waals surface area contributed by atoms with Gasteiger partial charge >= 0.3 is 0 Å². The first-order valence-corrected chi connectivity index (χ1v) is 8.67. The number of hydrogen-bond acceptors (Lipinski definition) is 2. The molecule has 0 fully saturated rings. The molecule has 0 saturated heterocycles. The number of methoxy groups -OCH3 is 1. The lowest BCUT2D eigenvalue weighted by atomic mass is 9.87. The molecule has 2 aromatic heterocycles. The van der Waals surface area contributed by atoms with Gasteiger partial charge in [-0.3, -0.25) is 0 Å². The molecule has 4 rings (SSSR count). The molecule has 3 N–H and O–H groups in total. The van der Waals surface area contributed by atoms with Crippen LogP contribution < -0.4 is 10.1 Å². The van der Waals surface area contributed by atoms with Crippen molar-refractivity contribution in [2.45, 2.75) is 12.3 Å². The predicted octanol–water partition coefficient (Wildman–Crippen LogP) is 4.40. The Morgan fingerprint density at radius 3 is 2.84 bits per heavy atom. The minimum absolute atomic E-state index is 0.303. The molecule has 0 radical (unpaired) electrons. The van der Waals surface area contributed by atoms with Crippen molar-refractivity contribution in [1.82, 2.24) is 15.3 Å². The Balaban J connectivity index is 1.86. The van der Waals surface area contributed by atoms with E-state index >= 15 is 0 Å². The topological polar surface area (TPSA) is 52.8 Å². The van der Waals surface area contributed by atoms with Crippen molar-refractivity contribution in [3.63, 3.8) is 0 Å². The molecule has 0 bridgehead atoms. The summed E-state index contributed by atoms with van der Waals surface area (Å²) in [7, 11) is 3.74. The highest BCUT2D eigenvalue weighted by Gasteiger charge is 2.20. The zero-order chi connectivity index (χ0) is 17.2. The quantitative estimate of drug-likeness (QED) is 0.490. The fourth-order valence-electron chi connectivity index (χ4n) is 3.70. The number of ether oxygens (including phenoxy) is 1. The van der Waals surface area contributed by atoms with Crippen LogP contribution in [-0.4, -0.2) is 30.7 Å². The van der Waals surface area contributed by atoms with Crippen LogP contribution in [0.25, 0.3) is 21.8 Å². The maximum absolute atomic E-state index is 5.63. The summed E-state index contributed by atoms with van der Waals surface area (Å²) in [5.74, 6) is 1.22. The third kappa shape index (κ3) is 2.79. The van der Waals surface area contributed by atoms with Gasteiger partial charge in [0.1, 0.15) is 5.75 Å². The molecule has 0 saturated carbocycles. The van der Waals surface area contributed by atoms with E-state index in [9.17, 15) is 0 Å². The molecule has 2 aromatic carbocycles. The summed E-state index contributed by atoms with van der Waals surface area (Å²) in [6.45, 7) is 0.956. The van der Waals surface area contributed by atoms with Crippen LogP contribution in [0.1, 0.15) is 23.5 Å². The summed E-state index contributed by atoms with van der Waals surface area (Å²) in [4.78, 5) is 6.69. The molecule has 4 aromatic rings. The van der Waals surface area contributed by atoms with Crippen LogP contribution in [0, 0.1) is 0 Å². The molecule has 1 unspecified atom stereocenters. The number of hydrogen-bond donors (Lipinski definition) is 3. The highest BCUT2D eigenvalue weighted by Crippen LogP contribution is 2.38. The molecule has 128 valence electrons. The second-order valence-corrected chi connectivity index (χ2v) is 6.40. The summed E-state index contributed by atoms with van der Waals surface area (Å²) in [5.41, 5.74) is 4.91. The Hall–Kier alpha value is -2.72. The van der Waals surface area contributed by atoms with Crippen LogP contribution in [-0.2, 0) is 0 Å². The number of H-pyrrole nitrogens is 2. The first-order chi connectivity index (χ1) is 12.3. The maximum Gasteiger partial charge on any atom is 0.128 e. The van der Waals surface area contributed by atoms with Crippen LogP contribution in [0.2, 0.25) is 0 Å². The van der Waals surface area contributed by atoms with Gasteiger partial charge < -0.3 is 20.0 Å². The third-order valence-electron chi connectivity index (χ3n) is 4.96. The molecule has 0 aliphatic rings. The van der Waals surface area contributed by atoms with Crippen molar-refractivity contribution >= 4 is 21.8 Å². The summed E-state index contributed by atoms with van der Waals surface area (Å²) >= 11 is 0. The fraction of sp³-hybridized carbons (Fsp3) is 0.238. The van der Waals surface area contributed by atoms with Crippen LogP contribution in [0.4, 0.5) is 0 Å². The molecule has 0 amide bonds. The fourth-order valence-corrected chi connectivity index (χ4v) is 3.70. The van der Waals surface area contributed by atoms with E-state index in [-0.39, 0.29) is 0 Å². The highest BCUT2D eigenvalue weighted by atomic mass is 16.5. The smallest absolute Gasteiger partial charge is 0.128 e. The van der Waals surface area contributed by atoms with E-state index in [1.54, 1.807) is 7.11 Å². The lowest BCUT2D eigenvalue weighted by Crippen LogP contribution is -2.13. The lowest BCUT2D eigenvalue weighted by Gasteiger charge is -2.18. The molecular formula is C21H23N3O. The van der Waals surface area contributed by atoms with Gasteiger partial charge in [0, 0.05) is 34.7 Å². The van der Waals surface area contributed by atoms with Crippen molar-refractivity contribution in [3.05, 3.63) is 66.0 Å². The Labute approximate surface area is 147 Å². The highest BCUT2D eigenvalue weighted by molar-refractivity contribution is 5.90. The average molecular weight is 333 g/mol. The molecule has 0 aliphatic heterocycles. The van der Waals surface area contributed by atoms with E-state index in [1.165, 1.54) is 27.4 Å².